The Hall–Kier alpha value is -2.81. The smallest absolute Gasteiger partial charge is 0.312 e. The summed E-state index contributed by atoms with van der Waals surface area (Å²) in [5, 5.41) is 22.1. The van der Waals surface area contributed by atoms with E-state index in [-0.39, 0.29) is 16.5 Å². The minimum Gasteiger partial charge on any atom is -0.619 e. The number of ether oxygens (including phenoxy) is 2. The summed E-state index contributed by atoms with van der Waals surface area (Å²) in [6.07, 6.45) is 3.13. The number of rotatable bonds is 9. The fourth-order valence-corrected chi connectivity index (χ4v) is 5.13. The summed E-state index contributed by atoms with van der Waals surface area (Å²) in [5.74, 6) is -1.82. The Kier molecular flexibility index (Phi) is 7.60. The fourth-order valence-electron chi connectivity index (χ4n) is 3.55. The maximum atomic E-state index is 12.4. The van der Waals surface area contributed by atoms with Gasteiger partial charge in [-0.1, -0.05) is 29.3 Å². The van der Waals surface area contributed by atoms with Crippen molar-refractivity contribution in [2.75, 3.05) is 14.2 Å². The molecule has 0 aliphatic carbocycles. The van der Waals surface area contributed by atoms with E-state index >= 15 is 0 Å². The van der Waals surface area contributed by atoms with Crippen molar-refractivity contribution in [3.8, 4) is 11.5 Å². The van der Waals surface area contributed by atoms with E-state index in [0.717, 1.165) is 11.3 Å². The van der Waals surface area contributed by atoms with Crippen molar-refractivity contribution in [3.63, 3.8) is 0 Å². The average molecular weight is 496 g/mol. The number of benzene rings is 1. The van der Waals surface area contributed by atoms with Crippen molar-refractivity contribution in [3.05, 3.63) is 78.9 Å². The summed E-state index contributed by atoms with van der Waals surface area (Å²) in [7, 11) is 2.99. The van der Waals surface area contributed by atoms with E-state index in [1.54, 1.807) is 30.3 Å². The molecule has 2 atom stereocenters. The van der Waals surface area contributed by atoms with Gasteiger partial charge in [0.15, 0.2) is 30.2 Å². The highest BCUT2D eigenvalue weighted by atomic mass is 35.5. The molecular formula is C22H19Cl2NO6S. The van der Waals surface area contributed by atoms with Crippen LogP contribution in [0, 0.1) is 5.21 Å². The quantitative estimate of drug-likeness (QED) is 0.262. The average Bonchev–Trinajstić information content (AvgIpc) is 3.23. The standard InChI is InChI=1S/C22H19Cl2NO6S/c1-30-18-5-3-12(7-19(18)31-2)14(8-15-16(23)9-25(29)10-17(15)24)21(22(27)28)20-6-4-13(11-26)32-20/h3-7,9-11,14,21H,8H2,1-2H3,(H,27,28)/t14-,21?/m1/s1. The third-order valence-electron chi connectivity index (χ3n) is 5.06. The van der Waals surface area contributed by atoms with Gasteiger partial charge in [-0.2, -0.15) is 4.73 Å². The summed E-state index contributed by atoms with van der Waals surface area (Å²) in [4.78, 5) is 24.5. The van der Waals surface area contributed by atoms with Crippen molar-refractivity contribution >= 4 is 46.8 Å². The lowest BCUT2D eigenvalue weighted by atomic mass is 9.80. The molecule has 32 heavy (non-hydrogen) atoms. The fraction of sp³-hybridized carbons (Fsp3) is 0.227. The molecule has 0 amide bonds. The van der Waals surface area contributed by atoms with Crippen molar-refractivity contribution in [2.45, 2.75) is 18.3 Å². The molecule has 0 aliphatic heterocycles. The van der Waals surface area contributed by atoms with Crippen LogP contribution in [0.15, 0.2) is 42.7 Å². The van der Waals surface area contributed by atoms with E-state index in [2.05, 4.69) is 0 Å². The number of halogens is 2. The monoisotopic (exact) mass is 495 g/mol. The summed E-state index contributed by atoms with van der Waals surface area (Å²) in [6.45, 7) is 0. The van der Waals surface area contributed by atoms with Crippen LogP contribution in [0.25, 0.3) is 0 Å². The molecular weight excluding hydrogens is 477 g/mol. The predicted octanol–water partition coefficient (Wildman–Crippen LogP) is 4.71. The van der Waals surface area contributed by atoms with Gasteiger partial charge in [0.25, 0.3) is 0 Å². The molecule has 168 valence electrons. The summed E-state index contributed by atoms with van der Waals surface area (Å²) in [6, 6.07) is 8.34. The number of methoxy groups -OCH3 is 2. The van der Waals surface area contributed by atoms with Gasteiger partial charge in [-0.3, -0.25) is 9.59 Å². The van der Waals surface area contributed by atoms with Gasteiger partial charge in [0.05, 0.1) is 25.0 Å². The van der Waals surface area contributed by atoms with Crippen LogP contribution in [0.5, 0.6) is 11.5 Å². The van der Waals surface area contributed by atoms with E-state index in [0.29, 0.717) is 43.4 Å². The lowest BCUT2D eigenvalue weighted by Gasteiger charge is -2.25. The Morgan fingerprint density at radius 3 is 2.34 bits per heavy atom. The number of aldehydes is 1. The number of carboxylic acid groups (broad SMARTS) is 1. The first-order chi connectivity index (χ1) is 15.3. The molecule has 0 saturated carbocycles. The van der Waals surface area contributed by atoms with E-state index in [9.17, 15) is 19.9 Å². The van der Waals surface area contributed by atoms with Crippen LogP contribution < -0.4 is 14.2 Å². The first kappa shape index (κ1) is 23.8. The molecule has 0 fully saturated rings. The molecule has 1 unspecified atom stereocenters. The number of nitrogens with zero attached hydrogens (tertiary/aromatic N) is 1. The van der Waals surface area contributed by atoms with Crippen LogP contribution in [-0.4, -0.2) is 31.6 Å². The van der Waals surface area contributed by atoms with E-state index in [4.69, 9.17) is 32.7 Å². The number of carboxylic acids is 1. The molecule has 0 radical (unpaired) electrons. The normalized spacial score (nSPS) is 12.8. The summed E-state index contributed by atoms with van der Waals surface area (Å²) < 4.78 is 11.2. The zero-order valence-corrected chi connectivity index (χ0v) is 19.4. The van der Waals surface area contributed by atoms with Crippen LogP contribution in [0.2, 0.25) is 10.0 Å². The van der Waals surface area contributed by atoms with Gasteiger partial charge >= 0.3 is 5.97 Å². The molecule has 2 heterocycles. The second-order valence-electron chi connectivity index (χ2n) is 6.89. The molecule has 0 bridgehead atoms. The van der Waals surface area contributed by atoms with Crippen molar-refractivity contribution in [1.82, 2.24) is 0 Å². The summed E-state index contributed by atoms with van der Waals surface area (Å²) >= 11 is 13.7. The van der Waals surface area contributed by atoms with Crippen molar-refractivity contribution in [1.29, 1.82) is 0 Å². The number of thiophene rings is 1. The zero-order chi connectivity index (χ0) is 23.4. The highest BCUT2D eigenvalue weighted by Gasteiger charge is 2.34. The molecule has 0 saturated heterocycles. The molecule has 3 rings (SSSR count). The summed E-state index contributed by atoms with van der Waals surface area (Å²) in [5.41, 5.74) is 1.08. The number of hydrogen-bond donors (Lipinski definition) is 1. The Morgan fingerprint density at radius 2 is 1.81 bits per heavy atom. The van der Waals surface area contributed by atoms with Crippen LogP contribution in [-0.2, 0) is 11.2 Å². The van der Waals surface area contributed by atoms with Crippen LogP contribution in [0.4, 0.5) is 0 Å². The number of carbonyl (C=O) groups excluding carboxylic acids is 1. The molecule has 10 heteroatoms. The van der Waals surface area contributed by atoms with E-state index < -0.39 is 17.8 Å². The SMILES string of the molecule is COc1ccc([C@@H](Cc2c(Cl)c[n+]([O-])cc2Cl)C(C(=O)O)c2ccc(C=O)s2)cc1OC. The lowest BCUT2D eigenvalue weighted by molar-refractivity contribution is -0.605. The van der Waals surface area contributed by atoms with Crippen molar-refractivity contribution < 1.29 is 28.9 Å². The van der Waals surface area contributed by atoms with Gasteiger partial charge in [-0.25, -0.2) is 0 Å². The first-order valence-electron chi connectivity index (χ1n) is 9.35. The second-order valence-corrected chi connectivity index (χ2v) is 8.85. The Balaban J connectivity index is 2.18. The van der Waals surface area contributed by atoms with Gasteiger partial charge < -0.3 is 19.8 Å². The zero-order valence-electron chi connectivity index (χ0n) is 17.1. The maximum Gasteiger partial charge on any atom is 0.312 e. The molecule has 1 aromatic carbocycles. The number of hydrogen-bond acceptors (Lipinski definition) is 6. The van der Waals surface area contributed by atoms with Gasteiger partial charge in [0.1, 0.15) is 10.0 Å². The molecule has 1 N–H and O–H groups in total. The predicted molar refractivity (Wildman–Crippen MR) is 121 cm³/mol. The number of aromatic nitrogens is 1. The van der Waals surface area contributed by atoms with Gasteiger partial charge in [-0.05, 0) is 36.2 Å². The van der Waals surface area contributed by atoms with Gasteiger partial charge in [0, 0.05) is 16.4 Å². The molecule has 0 spiro atoms. The topological polar surface area (TPSA) is 99.8 Å². The molecule has 2 aromatic heterocycles. The van der Waals surface area contributed by atoms with E-state index in [1.165, 1.54) is 26.6 Å². The molecule has 3 aromatic rings. The Bertz CT molecular complexity index is 1130. The molecule has 7 nitrogen and oxygen atoms in total. The van der Waals surface area contributed by atoms with E-state index in [1.807, 2.05) is 0 Å². The Morgan fingerprint density at radius 1 is 1.16 bits per heavy atom. The van der Waals surface area contributed by atoms with Crippen LogP contribution >= 0.6 is 34.5 Å². The van der Waals surface area contributed by atoms with Crippen LogP contribution in [0.3, 0.4) is 0 Å². The number of pyridine rings is 1. The highest BCUT2D eigenvalue weighted by molar-refractivity contribution is 7.13. The lowest BCUT2D eigenvalue weighted by Crippen LogP contribution is -2.26. The molecule has 0 aliphatic rings. The van der Waals surface area contributed by atoms with Gasteiger partial charge in [0.2, 0.25) is 0 Å². The first-order valence-corrected chi connectivity index (χ1v) is 10.9. The third kappa shape index (κ3) is 4.98. The number of aliphatic carboxylic acids is 1. The minimum atomic E-state index is -1.08. The second kappa shape index (κ2) is 10.2. The maximum absolute atomic E-state index is 12.4. The highest BCUT2D eigenvalue weighted by Crippen LogP contribution is 2.43. The van der Waals surface area contributed by atoms with Crippen molar-refractivity contribution in [2.24, 2.45) is 0 Å². The third-order valence-corrected chi connectivity index (χ3v) is 6.80. The minimum absolute atomic E-state index is 0.124. The Labute approximate surface area is 198 Å². The number of carbonyl (C=O) groups is 2. The largest absolute Gasteiger partial charge is 0.619 e. The van der Waals surface area contributed by atoms with Crippen LogP contribution in [0.1, 0.15) is 37.5 Å². The van der Waals surface area contributed by atoms with Gasteiger partial charge in [-0.15, -0.1) is 11.3 Å².